The topological polar surface area (TPSA) is 123 Å². The van der Waals surface area contributed by atoms with Crippen molar-refractivity contribution in [3.8, 4) is 11.5 Å². The number of allylic oxidation sites excluding steroid dienone is 1. The SMILES string of the molecule is Cc1ccc(NC(=O)O[C@@H](c2ccc(O)cc2)[C@H](CC/C=C/C(=O)Nc2ccccc2N)Oc2ccccc2)cc1. The van der Waals surface area contributed by atoms with Gasteiger partial charge in [-0.2, -0.15) is 0 Å². The molecule has 41 heavy (non-hydrogen) atoms. The number of phenols is 1. The predicted molar refractivity (Wildman–Crippen MR) is 161 cm³/mol. The van der Waals surface area contributed by atoms with Crippen molar-refractivity contribution < 1.29 is 24.2 Å². The van der Waals surface area contributed by atoms with Crippen LogP contribution >= 0.6 is 0 Å². The zero-order valence-corrected chi connectivity index (χ0v) is 22.7. The van der Waals surface area contributed by atoms with Crippen LogP contribution in [0.15, 0.2) is 115 Å². The summed E-state index contributed by atoms with van der Waals surface area (Å²) in [7, 11) is 0. The smallest absolute Gasteiger partial charge is 0.412 e. The Labute approximate surface area is 239 Å². The van der Waals surface area contributed by atoms with Gasteiger partial charge in [-0.25, -0.2) is 4.79 Å². The first-order valence-electron chi connectivity index (χ1n) is 13.2. The monoisotopic (exact) mass is 551 g/mol. The van der Waals surface area contributed by atoms with Gasteiger partial charge in [-0.3, -0.25) is 10.1 Å². The Kier molecular flexibility index (Phi) is 9.98. The van der Waals surface area contributed by atoms with Crippen LogP contribution in [0.1, 0.15) is 30.1 Å². The number of nitrogen functional groups attached to an aromatic ring is 1. The maximum absolute atomic E-state index is 13.0. The van der Waals surface area contributed by atoms with E-state index in [2.05, 4.69) is 10.6 Å². The van der Waals surface area contributed by atoms with E-state index in [1.165, 1.54) is 18.2 Å². The summed E-state index contributed by atoms with van der Waals surface area (Å²) < 4.78 is 12.3. The van der Waals surface area contributed by atoms with Crippen LogP contribution in [0.25, 0.3) is 0 Å². The molecular formula is C33H33N3O5. The fourth-order valence-electron chi connectivity index (χ4n) is 4.10. The van der Waals surface area contributed by atoms with Crippen molar-refractivity contribution in [2.75, 3.05) is 16.4 Å². The number of hydrogen-bond acceptors (Lipinski definition) is 6. The minimum atomic E-state index is -0.826. The van der Waals surface area contributed by atoms with Gasteiger partial charge in [0.2, 0.25) is 5.91 Å². The second-order valence-corrected chi connectivity index (χ2v) is 9.43. The number of nitrogens with one attached hydrogen (secondary N) is 2. The minimum Gasteiger partial charge on any atom is -0.508 e. The molecular weight excluding hydrogens is 518 g/mol. The molecule has 0 saturated heterocycles. The summed E-state index contributed by atoms with van der Waals surface area (Å²) in [6, 6.07) is 30.1. The highest BCUT2D eigenvalue weighted by atomic mass is 16.6. The van der Waals surface area contributed by atoms with Gasteiger partial charge in [0.25, 0.3) is 0 Å². The standard InChI is InChI=1S/C33H33N3O5/c1-23-15-19-25(20-16-23)35-33(39)41-32(24-17-21-26(37)22-18-24)30(40-27-9-3-2-4-10-27)13-7-8-14-31(38)36-29-12-6-5-11-28(29)34/h2-6,8-12,14-22,30,32,37H,7,13,34H2,1H3,(H,35,39)(H,36,38)/b14-8+/t30-,32-/m0/s1. The number of carbonyl (C=O) groups excluding carboxylic acids is 2. The summed E-state index contributed by atoms with van der Waals surface area (Å²) in [6.07, 6.45) is 1.94. The molecule has 8 heteroatoms. The normalized spacial score (nSPS) is 12.3. The van der Waals surface area contributed by atoms with E-state index < -0.39 is 18.3 Å². The highest BCUT2D eigenvalue weighted by Gasteiger charge is 2.29. The van der Waals surface area contributed by atoms with Gasteiger partial charge in [0.15, 0.2) is 6.10 Å². The van der Waals surface area contributed by atoms with Gasteiger partial charge in [0, 0.05) is 5.69 Å². The lowest BCUT2D eigenvalue weighted by Gasteiger charge is -2.28. The van der Waals surface area contributed by atoms with Crippen molar-refractivity contribution >= 4 is 29.1 Å². The first-order valence-corrected chi connectivity index (χ1v) is 13.2. The summed E-state index contributed by atoms with van der Waals surface area (Å²) in [6.45, 7) is 1.96. The zero-order chi connectivity index (χ0) is 29.0. The van der Waals surface area contributed by atoms with E-state index in [0.717, 1.165) is 5.56 Å². The van der Waals surface area contributed by atoms with Crippen molar-refractivity contribution in [1.82, 2.24) is 0 Å². The van der Waals surface area contributed by atoms with Crippen LogP contribution < -0.4 is 21.1 Å². The third kappa shape index (κ3) is 8.90. The highest BCUT2D eigenvalue weighted by Crippen LogP contribution is 2.30. The lowest BCUT2D eigenvalue weighted by atomic mass is 10.00. The van der Waals surface area contributed by atoms with Gasteiger partial charge in [-0.15, -0.1) is 0 Å². The third-order valence-electron chi connectivity index (χ3n) is 6.23. The number of aryl methyl sites for hydroxylation is 1. The number of benzene rings is 4. The quantitative estimate of drug-likeness (QED) is 0.118. The molecule has 0 unspecified atom stereocenters. The number of nitrogens with two attached hydrogens (primary N) is 1. The van der Waals surface area contributed by atoms with Crippen LogP contribution in [0.4, 0.5) is 21.9 Å². The molecule has 0 heterocycles. The largest absolute Gasteiger partial charge is 0.508 e. The van der Waals surface area contributed by atoms with E-state index >= 15 is 0 Å². The number of carbonyl (C=O) groups is 2. The molecule has 2 amide bonds. The lowest BCUT2D eigenvalue weighted by molar-refractivity contribution is -0.111. The number of hydrogen-bond donors (Lipinski definition) is 4. The van der Waals surface area contributed by atoms with Crippen LogP contribution in [0.5, 0.6) is 11.5 Å². The van der Waals surface area contributed by atoms with Crippen LogP contribution in [-0.4, -0.2) is 23.2 Å². The van der Waals surface area contributed by atoms with Crippen LogP contribution in [0.2, 0.25) is 0 Å². The Hall–Kier alpha value is -5.24. The molecule has 4 rings (SSSR count). The van der Waals surface area contributed by atoms with Crippen molar-refractivity contribution in [3.63, 3.8) is 0 Å². The molecule has 2 atom stereocenters. The molecule has 0 spiro atoms. The van der Waals surface area contributed by atoms with Gasteiger partial charge < -0.3 is 25.6 Å². The Morgan fingerprint density at radius 2 is 1.56 bits per heavy atom. The van der Waals surface area contributed by atoms with Crippen LogP contribution in [-0.2, 0) is 9.53 Å². The first kappa shape index (κ1) is 28.8. The molecule has 8 nitrogen and oxygen atoms in total. The van der Waals surface area contributed by atoms with Crippen LogP contribution in [0, 0.1) is 6.92 Å². The van der Waals surface area contributed by atoms with E-state index in [9.17, 15) is 14.7 Å². The summed E-state index contributed by atoms with van der Waals surface area (Å²) in [5.74, 6) is 0.377. The van der Waals surface area contributed by atoms with Gasteiger partial charge >= 0.3 is 6.09 Å². The maximum Gasteiger partial charge on any atom is 0.412 e. The first-order chi connectivity index (χ1) is 19.9. The number of para-hydroxylation sites is 3. The average Bonchev–Trinajstić information content (AvgIpc) is 2.97. The Balaban J connectivity index is 1.52. The van der Waals surface area contributed by atoms with E-state index in [1.807, 2.05) is 49.4 Å². The van der Waals surface area contributed by atoms with E-state index in [0.29, 0.717) is 41.2 Å². The Morgan fingerprint density at radius 3 is 2.27 bits per heavy atom. The van der Waals surface area contributed by atoms with Gasteiger partial charge in [0.1, 0.15) is 17.6 Å². The number of rotatable bonds is 11. The van der Waals surface area contributed by atoms with Crippen LogP contribution in [0.3, 0.4) is 0 Å². The minimum absolute atomic E-state index is 0.0881. The Morgan fingerprint density at radius 1 is 0.878 bits per heavy atom. The summed E-state index contributed by atoms with van der Waals surface area (Å²) in [5, 5.41) is 15.4. The summed E-state index contributed by atoms with van der Waals surface area (Å²) in [4.78, 5) is 25.5. The fraction of sp³-hybridized carbons (Fsp3) is 0.152. The molecule has 0 aliphatic heterocycles. The van der Waals surface area contributed by atoms with Crippen molar-refractivity contribution in [2.24, 2.45) is 0 Å². The van der Waals surface area contributed by atoms with Crippen molar-refractivity contribution in [2.45, 2.75) is 32.0 Å². The maximum atomic E-state index is 13.0. The van der Waals surface area contributed by atoms with Crippen molar-refractivity contribution in [1.29, 1.82) is 0 Å². The number of phenolic OH excluding ortho intramolecular Hbond substituents is 1. The zero-order valence-electron chi connectivity index (χ0n) is 22.7. The summed E-state index contributed by atoms with van der Waals surface area (Å²) in [5.41, 5.74) is 9.23. The molecule has 210 valence electrons. The van der Waals surface area contributed by atoms with Gasteiger partial charge in [0.05, 0.1) is 11.4 Å². The fourth-order valence-corrected chi connectivity index (χ4v) is 4.10. The molecule has 0 aliphatic carbocycles. The van der Waals surface area contributed by atoms with E-state index in [1.54, 1.807) is 54.6 Å². The molecule has 4 aromatic rings. The molecule has 0 aliphatic rings. The average molecular weight is 552 g/mol. The highest BCUT2D eigenvalue weighted by molar-refractivity contribution is 6.01. The molecule has 0 aromatic heterocycles. The van der Waals surface area contributed by atoms with Gasteiger partial charge in [-0.05, 0) is 79.9 Å². The van der Waals surface area contributed by atoms with Gasteiger partial charge in [-0.1, -0.05) is 66.2 Å². The Bertz CT molecular complexity index is 1450. The molecule has 0 radical (unpaired) electrons. The number of amides is 2. The van der Waals surface area contributed by atoms with Crippen molar-refractivity contribution in [3.05, 3.63) is 126 Å². The van der Waals surface area contributed by atoms with E-state index in [-0.39, 0.29) is 11.7 Å². The second kappa shape index (κ2) is 14.2. The molecule has 0 saturated carbocycles. The molecule has 5 N–H and O–H groups in total. The number of aromatic hydroxyl groups is 1. The molecule has 0 bridgehead atoms. The summed E-state index contributed by atoms with van der Waals surface area (Å²) >= 11 is 0. The third-order valence-corrected chi connectivity index (χ3v) is 6.23. The number of ether oxygens (including phenoxy) is 2. The second-order valence-electron chi connectivity index (χ2n) is 9.43. The molecule has 0 fully saturated rings. The van der Waals surface area contributed by atoms with E-state index in [4.69, 9.17) is 15.2 Å². The number of anilines is 3. The molecule has 4 aromatic carbocycles. The predicted octanol–water partition coefficient (Wildman–Crippen LogP) is 7.00. The lowest BCUT2D eigenvalue weighted by Crippen LogP contribution is -2.31.